The first-order valence-corrected chi connectivity index (χ1v) is 11.8. The second-order valence-corrected chi connectivity index (χ2v) is 9.13. The molecule has 2 heterocycles. The van der Waals surface area contributed by atoms with Crippen molar-refractivity contribution in [2.45, 2.75) is 0 Å². The molecule has 0 radical (unpaired) electrons. The van der Waals surface area contributed by atoms with Gasteiger partial charge < -0.3 is 9.13 Å². The third kappa shape index (κ3) is 2.57. The molecule has 2 heteroatoms. The Kier molecular flexibility index (Phi) is 4.01. The lowest BCUT2D eigenvalue weighted by Crippen LogP contribution is -1.89. The fraction of sp³-hybridized carbons (Fsp3) is 0.0625. The van der Waals surface area contributed by atoms with E-state index in [1.54, 1.807) is 0 Å². The van der Waals surface area contributed by atoms with E-state index < -0.39 is 0 Å². The van der Waals surface area contributed by atoms with Crippen LogP contribution in [0.5, 0.6) is 0 Å². The summed E-state index contributed by atoms with van der Waals surface area (Å²) >= 11 is 0. The number of fused-ring (bicyclic) bond motifs is 6. The summed E-state index contributed by atoms with van der Waals surface area (Å²) in [6.45, 7) is 0. The van der Waals surface area contributed by atoms with Crippen LogP contribution in [0.25, 0.3) is 65.9 Å². The van der Waals surface area contributed by atoms with E-state index in [1.165, 1.54) is 65.9 Å². The fourth-order valence-electron chi connectivity index (χ4n) is 5.74. The van der Waals surface area contributed by atoms with Gasteiger partial charge >= 0.3 is 0 Å². The molecular formula is C32H24N2. The van der Waals surface area contributed by atoms with Gasteiger partial charge in [0, 0.05) is 57.7 Å². The van der Waals surface area contributed by atoms with E-state index in [-0.39, 0.29) is 0 Å². The lowest BCUT2D eigenvalue weighted by Gasteiger charge is -2.12. The van der Waals surface area contributed by atoms with E-state index in [9.17, 15) is 0 Å². The number of hydrogen-bond donors (Lipinski definition) is 0. The summed E-state index contributed by atoms with van der Waals surface area (Å²) in [6.07, 6.45) is 0. The van der Waals surface area contributed by atoms with Crippen molar-refractivity contribution in [1.82, 2.24) is 9.13 Å². The molecule has 0 fully saturated rings. The normalized spacial score (nSPS) is 11.8. The highest BCUT2D eigenvalue weighted by Gasteiger charge is 2.16. The molecule has 0 saturated carbocycles. The molecule has 7 aromatic rings. The topological polar surface area (TPSA) is 9.86 Å². The number of para-hydroxylation sites is 2. The molecule has 0 aliphatic heterocycles. The van der Waals surface area contributed by atoms with Crippen molar-refractivity contribution in [3.05, 3.63) is 109 Å². The lowest BCUT2D eigenvalue weighted by molar-refractivity contribution is 1.01. The van der Waals surface area contributed by atoms with Gasteiger partial charge in [-0.05, 0) is 52.6 Å². The van der Waals surface area contributed by atoms with Crippen molar-refractivity contribution in [1.29, 1.82) is 0 Å². The zero-order valence-corrected chi connectivity index (χ0v) is 19.3. The molecule has 0 aliphatic carbocycles. The predicted molar refractivity (Wildman–Crippen MR) is 145 cm³/mol. The first kappa shape index (κ1) is 19.2. The van der Waals surface area contributed by atoms with Crippen LogP contribution >= 0.6 is 0 Å². The Hall–Kier alpha value is -4.30. The largest absolute Gasteiger partial charge is 0.344 e. The number of nitrogens with zero attached hydrogens (tertiary/aromatic N) is 2. The average Bonchev–Trinajstić information content (AvgIpc) is 3.36. The molecule has 0 aliphatic rings. The molecule has 5 aromatic carbocycles. The Bertz CT molecular complexity index is 1880. The van der Waals surface area contributed by atoms with Crippen LogP contribution in [-0.4, -0.2) is 9.13 Å². The van der Waals surface area contributed by atoms with Crippen molar-refractivity contribution >= 4 is 43.6 Å². The Morgan fingerprint density at radius 3 is 1.79 bits per heavy atom. The van der Waals surface area contributed by atoms with Crippen LogP contribution in [-0.2, 0) is 14.1 Å². The molecule has 162 valence electrons. The maximum atomic E-state index is 2.36. The van der Waals surface area contributed by atoms with Crippen molar-refractivity contribution in [3.63, 3.8) is 0 Å². The van der Waals surface area contributed by atoms with Crippen LogP contribution in [0.15, 0.2) is 109 Å². The van der Waals surface area contributed by atoms with E-state index in [0.29, 0.717) is 0 Å². The van der Waals surface area contributed by atoms with E-state index in [1.807, 2.05) is 0 Å². The van der Waals surface area contributed by atoms with Crippen LogP contribution in [0.2, 0.25) is 0 Å². The third-order valence-corrected chi connectivity index (χ3v) is 7.38. The van der Waals surface area contributed by atoms with Crippen molar-refractivity contribution in [3.8, 4) is 22.3 Å². The maximum absolute atomic E-state index is 2.36. The molecular weight excluding hydrogens is 412 g/mol. The van der Waals surface area contributed by atoms with Gasteiger partial charge in [0.2, 0.25) is 0 Å². The zero-order valence-electron chi connectivity index (χ0n) is 19.3. The molecule has 0 spiro atoms. The van der Waals surface area contributed by atoms with Gasteiger partial charge in [0.25, 0.3) is 0 Å². The number of rotatable bonds is 2. The van der Waals surface area contributed by atoms with Crippen molar-refractivity contribution in [2.24, 2.45) is 14.1 Å². The molecule has 2 aromatic heterocycles. The molecule has 0 atom stereocenters. The van der Waals surface area contributed by atoms with E-state index in [2.05, 4.69) is 132 Å². The Balaban J connectivity index is 1.53. The van der Waals surface area contributed by atoms with Crippen molar-refractivity contribution < 1.29 is 0 Å². The van der Waals surface area contributed by atoms with Gasteiger partial charge in [-0.15, -0.1) is 0 Å². The molecule has 0 N–H and O–H groups in total. The van der Waals surface area contributed by atoms with Gasteiger partial charge in [-0.25, -0.2) is 0 Å². The Labute approximate surface area is 198 Å². The summed E-state index contributed by atoms with van der Waals surface area (Å²) in [6, 6.07) is 39.8. The van der Waals surface area contributed by atoms with Gasteiger partial charge in [-0.3, -0.25) is 0 Å². The van der Waals surface area contributed by atoms with Gasteiger partial charge in [0.1, 0.15) is 0 Å². The van der Waals surface area contributed by atoms with Gasteiger partial charge in [-0.1, -0.05) is 78.9 Å². The third-order valence-electron chi connectivity index (χ3n) is 7.38. The minimum atomic E-state index is 1.25. The molecule has 0 saturated heterocycles. The Morgan fingerprint density at radius 2 is 0.971 bits per heavy atom. The summed E-state index contributed by atoms with van der Waals surface area (Å²) in [5, 5.41) is 5.22. The van der Waals surface area contributed by atoms with Gasteiger partial charge in [0.15, 0.2) is 0 Å². The summed E-state index contributed by atoms with van der Waals surface area (Å²) in [7, 11) is 4.31. The first-order chi connectivity index (χ1) is 16.7. The van der Waals surface area contributed by atoms with Gasteiger partial charge in [-0.2, -0.15) is 0 Å². The quantitative estimate of drug-likeness (QED) is 0.258. The summed E-state index contributed by atoms with van der Waals surface area (Å²) < 4.78 is 4.59. The monoisotopic (exact) mass is 436 g/mol. The standard InChI is InChI=1S/C32H24N2/c1-33-28-15-7-5-12-24(28)27-20-21(18-19-30(27)33)22-10-3-4-11-23(22)25-14-9-17-31-32(25)26-13-6-8-16-29(26)34(31)2/h3-20H,1-2H3. The molecule has 0 unspecified atom stereocenters. The predicted octanol–water partition coefficient (Wildman–Crippen LogP) is 8.31. The van der Waals surface area contributed by atoms with Crippen LogP contribution in [0, 0.1) is 0 Å². The highest BCUT2D eigenvalue weighted by atomic mass is 14.9. The van der Waals surface area contributed by atoms with Crippen LogP contribution in [0.3, 0.4) is 0 Å². The second kappa shape index (κ2) is 7.10. The molecule has 7 rings (SSSR count). The summed E-state index contributed by atoms with van der Waals surface area (Å²) in [4.78, 5) is 0. The van der Waals surface area contributed by atoms with Crippen molar-refractivity contribution in [2.75, 3.05) is 0 Å². The molecule has 2 nitrogen and oxygen atoms in total. The molecule has 34 heavy (non-hydrogen) atoms. The highest BCUT2D eigenvalue weighted by molar-refractivity contribution is 6.16. The van der Waals surface area contributed by atoms with Gasteiger partial charge in [0.05, 0.1) is 0 Å². The smallest absolute Gasteiger partial charge is 0.0495 e. The maximum Gasteiger partial charge on any atom is 0.0495 e. The fourth-order valence-corrected chi connectivity index (χ4v) is 5.74. The SMILES string of the molecule is Cn1c2ccccc2c2cc(-c3ccccc3-c3cccc4c3c3ccccc3n4C)ccc21. The molecule has 0 amide bonds. The zero-order chi connectivity index (χ0) is 22.8. The minimum Gasteiger partial charge on any atom is -0.344 e. The van der Waals surface area contributed by atoms with Crippen LogP contribution < -0.4 is 0 Å². The number of benzene rings is 5. The lowest BCUT2D eigenvalue weighted by atomic mass is 9.91. The number of aryl methyl sites for hydroxylation is 2. The highest BCUT2D eigenvalue weighted by Crippen LogP contribution is 2.41. The first-order valence-electron chi connectivity index (χ1n) is 11.8. The van der Waals surface area contributed by atoms with E-state index in [0.717, 1.165) is 0 Å². The number of aromatic nitrogens is 2. The van der Waals surface area contributed by atoms with Crippen LogP contribution in [0.4, 0.5) is 0 Å². The number of hydrogen-bond acceptors (Lipinski definition) is 0. The minimum absolute atomic E-state index is 1.25. The molecule has 0 bridgehead atoms. The second-order valence-electron chi connectivity index (χ2n) is 9.13. The summed E-state index contributed by atoms with van der Waals surface area (Å²) in [5.74, 6) is 0. The van der Waals surface area contributed by atoms with Crippen LogP contribution in [0.1, 0.15) is 0 Å². The van der Waals surface area contributed by atoms with E-state index >= 15 is 0 Å². The van der Waals surface area contributed by atoms with E-state index in [4.69, 9.17) is 0 Å². The Morgan fingerprint density at radius 1 is 0.412 bits per heavy atom. The average molecular weight is 437 g/mol. The summed E-state index contributed by atoms with van der Waals surface area (Å²) in [5.41, 5.74) is 10.1.